The molecule has 0 aliphatic rings. The Labute approximate surface area is 92.1 Å². The molecule has 0 aromatic heterocycles. The van der Waals surface area contributed by atoms with Crippen molar-refractivity contribution in [1.29, 1.82) is 0 Å². The molecule has 0 heterocycles. The molecule has 13 heavy (non-hydrogen) atoms. The van der Waals surface area contributed by atoms with Gasteiger partial charge in [-0.1, -0.05) is 11.6 Å². The van der Waals surface area contributed by atoms with E-state index in [-0.39, 0.29) is 5.88 Å². The third-order valence-corrected chi connectivity index (χ3v) is 3.20. The van der Waals surface area contributed by atoms with Crippen LogP contribution in [0.5, 0.6) is 0 Å². The van der Waals surface area contributed by atoms with Crippen LogP contribution in [0.15, 0.2) is 29.2 Å². The highest BCUT2D eigenvalue weighted by atomic mass is 35.5. The first-order chi connectivity index (χ1) is 6.22. The fourth-order valence-corrected chi connectivity index (χ4v) is 1.96. The number of rotatable bonds is 4. The molecule has 72 valence electrons. The lowest BCUT2D eigenvalue weighted by Gasteiger charge is -2.05. The van der Waals surface area contributed by atoms with Crippen molar-refractivity contribution in [3.8, 4) is 0 Å². The number of hydrogen-bond donors (Lipinski definition) is 1. The first kappa shape index (κ1) is 11.2. The summed E-state index contributed by atoms with van der Waals surface area (Å²) >= 11 is 12.7. The zero-order valence-electron chi connectivity index (χ0n) is 6.91. The molecule has 0 radical (unpaired) electrons. The highest BCUT2D eigenvalue weighted by Gasteiger charge is 2.02. The monoisotopic (exact) mass is 236 g/mol. The first-order valence-corrected chi connectivity index (χ1v) is 5.74. The summed E-state index contributed by atoms with van der Waals surface area (Å²) < 4.78 is 0. The molecular formula is C9H10Cl2OS. The molecule has 0 aliphatic heterocycles. The Morgan fingerprint density at radius 3 is 2.46 bits per heavy atom. The van der Waals surface area contributed by atoms with Crippen LogP contribution in [-0.2, 0) is 0 Å². The molecule has 1 rings (SSSR count). The van der Waals surface area contributed by atoms with Gasteiger partial charge >= 0.3 is 0 Å². The molecule has 0 amide bonds. The molecule has 1 aromatic rings. The zero-order chi connectivity index (χ0) is 9.68. The van der Waals surface area contributed by atoms with Crippen LogP contribution >= 0.6 is 35.0 Å². The van der Waals surface area contributed by atoms with Crippen LogP contribution in [0.2, 0.25) is 5.02 Å². The van der Waals surface area contributed by atoms with Crippen LogP contribution in [0.1, 0.15) is 0 Å². The van der Waals surface area contributed by atoms with Gasteiger partial charge in [-0.25, -0.2) is 0 Å². The average molecular weight is 237 g/mol. The maximum absolute atomic E-state index is 9.19. The van der Waals surface area contributed by atoms with Gasteiger partial charge in [0, 0.05) is 21.6 Å². The lowest BCUT2D eigenvalue weighted by Crippen LogP contribution is -2.10. The molecule has 1 atom stereocenters. The van der Waals surface area contributed by atoms with E-state index < -0.39 is 6.10 Å². The average Bonchev–Trinajstić information content (AvgIpc) is 2.16. The fraction of sp³-hybridized carbons (Fsp3) is 0.333. The Morgan fingerprint density at radius 1 is 1.31 bits per heavy atom. The van der Waals surface area contributed by atoms with Crippen molar-refractivity contribution >= 4 is 35.0 Å². The maximum Gasteiger partial charge on any atom is 0.0769 e. The van der Waals surface area contributed by atoms with Gasteiger partial charge in [0.15, 0.2) is 0 Å². The summed E-state index contributed by atoms with van der Waals surface area (Å²) in [7, 11) is 0. The highest BCUT2D eigenvalue weighted by Crippen LogP contribution is 2.21. The Hall–Kier alpha value is 0.110. The minimum atomic E-state index is -0.442. The van der Waals surface area contributed by atoms with E-state index in [0.717, 1.165) is 9.92 Å². The number of thioether (sulfide) groups is 1. The number of alkyl halides is 1. The van der Waals surface area contributed by atoms with E-state index in [0.29, 0.717) is 5.75 Å². The third-order valence-electron chi connectivity index (χ3n) is 1.43. The molecule has 0 aliphatic carbocycles. The van der Waals surface area contributed by atoms with Crippen molar-refractivity contribution < 1.29 is 5.11 Å². The predicted octanol–water partition coefficient (Wildman–Crippen LogP) is 3.03. The number of halogens is 2. The normalized spacial score (nSPS) is 12.8. The fourth-order valence-electron chi connectivity index (χ4n) is 0.768. The van der Waals surface area contributed by atoms with Gasteiger partial charge in [0.2, 0.25) is 0 Å². The molecule has 0 saturated heterocycles. The summed E-state index contributed by atoms with van der Waals surface area (Å²) in [5, 5.41) is 9.92. The van der Waals surface area contributed by atoms with Crippen molar-refractivity contribution in [3.63, 3.8) is 0 Å². The molecule has 0 bridgehead atoms. The first-order valence-electron chi connectivity index (χ1n) is 3.85. The number of aliphatic hydroxyl groups excluding tert-OH is 1. The van der Waals surface area contributed by atoms with E-state index >= 15 is 0 Å². The molecule has 1 N–H and O–H groups in total. The molecule has 0 fully saturated rings. The Morgan fingerprint density at radius 2 is 1.92 bits per heavy atom. The third kappa shape index (κ3) is 4.23. The minimum Gasteiger partial charge on any atom is -0.391 e. The number of hydrogen-bond acceptors (Lipinski definition) is 2. The standard InChI is InChI=1S/C9H10Cl2OS/c10-5-8(12)6-13-9-3-1-7(11)2-4-9/h1-4,8,12H,5-6H2/t8-/m0/s1. The summed E-state index contributed by atoms with van der Waals surface area (Å²) in [5.74, 6) is 0.895. The SMILES string of the molecule is O[C@@H](CCl)CSc1ccc(Cl)cc1. The lowest BCUT2D eigenvalue weighted by molar-refractivity contribution is 0.223. The minimum absolute atomic E-state index is 0.278. The smallest absolute Gasteiger partial charge is 0.0769 e. The second-order valence-corrected chi connectivity index (χ2v) is 4.41. The van der Waals surface area contributed by atoms with E-state index in [1.807, 2.05) is 24.3 Å². The quantitative estimate of drug-likeness (QED) is 0.641. The van der Waals surface area contributed by atoms with Gasteiger partial charge in [-0.3, -0.25) is 0 Å². The molecular weight excluding hydrogens is 227 g/mol. The maximum atomic E-state index is 9.19. The highest BCUT2D eigenvalue weighted by molar-refractivity contribution is 7.99. The number of benzene rings is 1. The molecule has 0 spiro atoms. The second-order valence-electron chi connectivity index (χ2n) is 2.57. The van der Waals surface area contributed by atoms with E-state index in [9.17, 15) is 5.11 Å². The summed E-state index contributed by atoms with van der Waals surface area (Å²) in [6.07, 6.45) is -0.442. The second kappa shape index (κ2) is 5.76. The van der Waals surface area contributed by atoms with Gasteiger partial charge in [0.1, 0.15) is 0 Å². The molecule has 4 heteroatoms. The molecule has 1 nitrogen and oxygen atoms in total. The van der Waals surface area contributed by atoms with Crippen LogP contribution in [0.4, 0.5) is 0 Å². The van der Waals surface area contributed by atoms with Crippen LogP contribution < -0.4 is 0 Å². The largest absolute Gasteiger partial charge is 0.391 e. The van der Waals surface area contributed by atoms with E-state index in [1.165, 1.54) is 0 Å². The summed E-state index contributed by atoms with van der Waals surface area (Å²) in [6, 6.07) is 7.51. The molecule has 0 unspecified atom stereocenters. The Bertz CT molecular complexity index is 250. The predicted molar refractivity (Wildman–Crippen MR) is 58.9 cm³/mol. The van der Waals surface area contributed by atoms with Crippen LogP contribution in [0.25, 0.3) is 0 Å². The van der Waals surface area contributed by atoms with Crippen LogP contribution in [-0.4, -0.2) is 22.8 Å². The van der Waals surface area contributed by atoms with Crippen molar-refractivity contribution in [3.05, 3.63) is 29.3 Å². The van der Waals surface area contributed by atoms with Gasteiger partial charge in [0.05, 0.1) is 6.10 Å². The van der Waals surface area contributed by atoms with Gasteiger partial charge in [-0.05, 0) is 24.3 Å². The van der Waals surface area contributed by atoms with Crippen LogP contribution in [0, 0.1) is 0 Å². The van der Waals surface area contributed by atoms with Gasteiger partial charge < -0.3 is 5.11 Å². The van der Waals surface area contributed by atoms with Crippen molar-refractivity contribution in [2.45, 2.75) is 11.0 Å². The topological polar surface area (TPSA) is 20.2 Å². The summed E-state index contributed by atoms with van der Waals surface area (Å²) in [4.78, 5) is 1.09. The van der Waals surface area contributed by atoms with Gasteiger partial charge in [-0.2, -0.15) is 0 Å². The lowest BCUT2D eigenvalue weighted by atomic mass is 10.4. The van der Waals surface area contributed by atoms with E-state index in [2.05, 4.69) is 0 Å². The van der Waals surface area contributed by atoms with Crippen LogP contribution in [0.3, 0.4) is 0 Å². The molecule has 1 aromatic carbocycles. The van der Waals surface area contributed by atoms with E-state index in [1.54, 1.807) is 11.8 Å². The summed E-state index contributed by atoms with van der Waals surface area (Å²) in [6.45, 7) is 0. The van der Waals surface area contributed by atoms with E-state index in [4.69, 9.17) is 23.2 Å². The molecule has 0 saturated carbocycles. The van der Waals surface area contributed by atoms with Gasteiger partial charge in [0.25, 0.3) is 0 Å². The van der Waals surface area contributed by atoms with Gasteiger partial charge in [-0.15, -0.1) is 23.4 Å². The Kier molecular flexibility index (Phi) is 4.96. The Balaban J connectivity index is 2.41. The van der Waals surface area contributed by atoms with Crippen molar-refractivity contribution in [2.24, 2.45) is 0 Å². The van der Waals surface area contributed by atoms with Crippen molar-refractivity contribution in [2.75, 3.05) is 11.6 Å². The van der Waals surface area contributed by atoms with Crippen molar-refractivity contribution in [1.82, 2.24) is 0 Å². The number of aliphatic hydroxyl groups is 1. The summed E-state index contributed by atoms with van der Waals surface area (Å²) in [5.41, 5.74) is 0. The zero-order valence-corrected chi connectivity index (χ0v) is 9.24.